The van der Waals surface area contributed by atoms with Crippen LogP contribution >= 0.6 is 0 Å². The van der Waals surface area contributed by atoms with Gasteiger partial charge < -0.3 is 15.3 Å². The smallest absolute Gasteiger partial charge is 0.303 e. The Morgan fingerprint density at radius 3 is 1.68 bits per heavy atom. The Hall–Kier alpha value is -2.49. The lowest BCUT2D eigenvalue weighted by Crippen LogP contribution is -2.23. The lowest BCUT2D eigenvalue weighted by molar-refractivity contribution is -0.137. The zero-order valence-electron chi connectivity index (χ0n) is 14.6. The van der Waals surface area contributed by atoms with Gasteiger partial charge in [-0.05, 0) is 66.5 Å². The first-order valence-corrected chi connectivity index (χ1v) is 8.64. The van der Waals surface area contributed by atoms with Crippen molar-refractivity contribution in [1.82, 2.24) is 0 Å². The van der Waals surface area contributed by atoms with E-state index in [2.05, 4.69) is 6.92 Å². The highest BCUT2D eigenvalue weighted by Gasteiger charge is 2.25. The summed E-state index contributed by atoms with van der Waals surface area (Å²) in [6, 6.07) is 14.5. The standard InChI is InChI=1S/C21H26O4/c1-21(13-3-2-4-20(24)25,14-16-5-9-18(22)10-6-16)15-17-7-11-19(23)12-8-17/h5-12,22-23H,2-4,13-15H2,1H3,(H,24,25). The van der Waals surface area contributed by atoms with Crippen LogP contribution in [-0.2, 0) is 17.6 Å². The minimum atomic E-state index is -0.751. The summed E-state index contributed by atoms with van der Waals surface area (Å²) < 4.78 is 0. The molecule has 0 atom stereocenters. The Kier molecular flexibility index (Phi) is 6.45. The van der Waals surface area contributed by atoms with Crippen LogP contribution in [0.1, 0.15) is 43.7 Å². The normalized spacial score (nSPS) is 11.4. The van der Waals surface area contributed by atoms with Crippen LogP contribution in [0.15, 0.2) is 48.5 Å². The number of carbonyl (C=O) groups is 1. The fourth-order valence-electron chi connectivity index (χ4n) is 3.28. The van der Waals surface area contributed by atoms with Gasteiger partial charge in [-0.15, -0.1) is 0 Å². The maximum absolute atomic E-state index is 10.7. The zero-order valence-corrected chi connectivity index (χ0v) is 14.6. The Bertz CT molecular complexity index is 627. The molecule has 0 amide bonds. The van der Waals surface area contributed by atoms with Crippen LogP contribution < -0.4 is 0 Å². The van der Waals surface area contributed by atoms with Gasteiger partial charge in [-0.1, -0.05) is 37.6 Å². The monoisotopic (exact) mass is 342 g/mol. The van der Waals surface area contributed by atoms with Crippen molar-refractivity contribution in [2.24, 2.45) is 5.41 Å². The van der Waals surface area contributed by atoms with Gasteiger partial charge in [0.1, 0.15) is 11.5 Å². The lowest BCUT2D eigenvalue weighted by Gasteiger charge is -2.30. The van der Waals surface area contributed by atoms with Crippen LogP contribution in [0.5, 0.6) is 11.5 Å². The molecule has 4 heteroatoms. The van der Waals surface area contributed by atoms with Gasteiger partial charge in [0.25, 0.3) is 0 Å². The molecule has 0 fully saturated rings. The summed E-state index contributed by atoms with van der Waals surface area (Å²) in [6.07, 6.45) is 4.36. The van der Waals surface area contributed by atoms with E-state index in [0.29, 0.717) is 6.42 Å². The van der Waals surface area contributed by atoms with Crippen LogP contribution in [0.2, 0.25) is 0 Å². The molecule has 0 radical (unpaired) electrons. The quantitative estimate of drug-likeness (QED) is 0.585. The van der Waals surface area contributed by atoms with Crippen LogP contribution in [0.4, 0.5) is 0 Å². The SMILES string of the molecule is CC(CCCCC(=O)O)(Cc1ccc(O)cc1)Cc1ccc(O)cc1. The third-order valence-corrected chi connectivity index (χ3v) is 4.56. The topological polar surface area (TPSA) is 77.8 Å². The van der Waals surface area contributed by atoms with Crippen molar-refractivity contribution in [2.75, 3.05) is 0 Å². The van der Waals surface area contributed by atoms with Crippen molar-refractivity contribution in [1.29, 1.82) is 0 Å². The number of aliphatic carboxylic acids is 1. The summed E-state index contributed by atoms with van der Waals surface area (Å²) >= 11 is 0. The minimum Gasteiger partial charge on any atom is -0.508 e. The molecular formula is C21H26O4. The molecule has 0 saturated carbocycles. The van der Waals surface area contributed by atoms with Gasteiger partial charge in [-0.25, -0.2) is 0 Å². The van der Waals surface area contributed by atoms with E-state index in [1.54, 1.807) is 24.3 Å². The summed E-state index contributed by atoms with van der Waals surface area (Å²) in [6.45, 7) is 2.22. The van der Waals surface area contributed by atoms with Crippen molar-refractivity contribution < 1.29 is 20.1 Å². The number of rotatable bonds is 9. The predicted octanol–water partition coefficient (Wildman–Crippen LogP) is 4.53. The average Bonchev–Trinajstić information content (AvgIpc) is 2.56. The average molecular weight is 342 g/mol. The van der Waals surface area contributed by atoms with Gasteiger partial charge in [0.2, 0.25) is 0 Å². The van der Waals surface area contributed by atoms with E-state index in [1.165, 1.54) is 0 Å². The first-order valence-electron chi connectivity index (χ1n) is 8.64. The molecule has 3 N–H and O–H groups in total. The molecule has 0 unspecified atom stereocenters. The molecule has 4 nitrogen and oxygen atoms in total. The number of phenolic OH excluding ortho intramolecular Hbond substituents is 2. The van der Waals surface area contributed by atoms with Gasteiger partial charge in [0.05, 0.1) is 0 Å². The lowest BCUT2D eigenvalue weighted by atomic mass is 9.74. The van der Waals surface area contributed by atoms with Crippen molar-refractivity contribution in [3.05, 3.63) is 59.7 Å². The van der Waals surface area contributed by atoms with Crippen LogP contribution in [0.25, 0.3) is 0 Å². The second kappa shape index (κ2) is 8.56. The summed E-state index contributed by atoms with van der Waals surface area (Å²) in [7, 11) is 0. The number of aromatic hydroxyl groups is 2. The number of carboxylic acids is 1. The number of hydrogen-bond acceptors (Lipinski definition) is 3. The van der Waals surface area contributed by atoms with Gasteiger partial charge in [-0.2, -0.15) is 0 Å². The van der Waals surface area contributed by atoms with Gasteiger partial charge >= 0.3 is 5.97 Å². The summed E-state index contributed by atoms with van der Waals surface area (Å²) in [5, 5.41) is 27.7. The Balaban J connectivity index is 2.09. The molecule has 2 rings (SSSR count). The fraction of sp³-hybridized carbons (Fsp3) is 0.381. The third kappa shape index (κ3) is 6.49. The third-order valence-electron chi connectivity index (χ3n) is 4.56. The zero-order chi connectivity index (χ0) is 18.3. The molecular weight excluding hydrogens is 316 g/mol. The highest BCUT2D eigenvalue weighted by atomic mass is 16.4. The van der Waals surface area contributed by atoms with Gasteiger partial charge in [0.15, 0.2) is 0 Å². The molecule has 25 heavy (non-hydrogen) atoms. The van der Waals surface area contributed by atoms with Crippen LogP contribution in [0.3, 0.4) is 0 Å². The number of phenols is 2. The maximum atomic E-state index is 10.7. The Morgan fingerprint density at radius 1 is 0.840 bits per heavy atom. The molecule has 2 aromatic rings. The van der Waals surface area contributed by atoms with E-state index in [-0.39, 0.29) is 23.3 Å². The van der Waals surface area contributed by atoms with E-state index in [1.807, 2.05) is 24.3 Å². The molecule has 0 aromatic heterocycles. The molecule has 0 aliphatic carbocycles. The van der Waals surface area contributed by atoms with E-state index in [9.17, 15) is 15.0 Å². The number of carboxylic acid groups (broad SMARTS) is 1. The van der Waals surface area contributed by atoms with Crippen molar-refractivity contribution in [3.63, 3.8) is 0 Å². The summed E-state index contributed by atoms with van der Waals surface area (Å²) in [4.78, 5) is 10.7. The van der Waals surface area contributed by atoms with Crippen molar-refractivity contribution in [3.8, 4) is 11.5 Å². The van der Waals surface area contributed by atoms with Crippen LogP contribution in [-0.4, -0.2) is 21.3 Å². The van der Waals surface area contributed by atoms with Gasteiger partial charge in [-0.3, -0.25) is 4.79 Å². The second-order valence-electron chi connectivity index (χ2n) is 7.10. The molecule has 0 saturated heterocycles. The van der Waals surface area contributed by atoms with E-state index >= 15 is 0 Å². The fourth-order valence-corrected chi connectivity index (χ4v) is 3.28. The molecule has 0 aliphatic rings. The highest BCUT2D eigenvalue weighted by Crippen LogP contribution is 2.34. The second-order valence-corrected chi connectivity index (χ2v) is 7.10. The van der Waals surface area contributed by atoms with Crippen LogP contribution in [0, 0.1) is 5.41 Å². The molecule has 0 spiro atoms. The molecule has 0 bridgehead atoms. The Labute approximate surface area is 148 Å². The summed E-state index contributed by atoms with van der Waals surface area (Å²) in [5.41, 5.74) is 2.28. The first kappa shape index (κ1) is 18.8. The molecule has 0 heterocycles. The number of unbranched alkanes of at least 4 members (excludes halogenated alkanes) is 1. The van der Waals surface area contributed by atoms with Crippen molar-refractivity contribution in [2.45, 2.75) is 45.4 Å². The summed E-state index contributed by atoms with van der Waals surface area (Å²) in [5.74, 6) is -0.241. The van der Waals surface area contributed by atoms with E-state index in [0.717, 1.165) is 36.8 Å². The maximum Gasteiger partial charge on any atom is 0.303 e. The highest BCUT2D eigenvalue weighted by molar-refractivity contribution is 5.66. The van der Waals surface area contributed by atoms with Gasteiger partial charge in [0, 0.05) is 6.42 Å². The number of benzene rings is 2. The molecule has 2 aromatic carbocycles. The Morgan fingerprint density at radius 2 is 1.28 bits per heavy atom. The largest absolute Gasteiger partial charge is 0.508 e. The first-order chi connectivity index (χ1) is 11.9. The van der Waals surface area contributed by atoms with E-state index in [4.69, 9.17) is 5.11 Å². The minimum absolute atomic E-state index is 0.0214. The van der Waals surface area contributed by atoms with Crippen molar-refractivity contribution >= 4 is 5.97 Å². The number of hydrogen-bond donors (Lipinski definition) is 3. The van der Waals surface area contributed by atoms with E-state index < -0.39 is 5.97 Å². The molecule has 134 valence electrons. The predicted molar refractivity (Wildman–Crippen MR) is 97.8 cm³/mol. The molecule has 0 aliphatic heterocycles.